The molecule has 2 aliphatic heterocycles. The molecule has 1 amide bonds. The molecule has 1 fully saturated rings. The Bertz CT molecular complexity index is 1740. The molecule has 0 radical (unpaired) electrons. The van der Waals surface area contributed by atoms with Crippen LogP contribution in [0.4, 0.5) is 5.69 Å². The zero-order valence-electron chi connectivity index (χ0n) is 31.5. The maximum Gasteiger partial charge on any atom is 0.244 e. The minimum atomic E-state index is -0.364. The second kappa shape index (κ2) is 16.3. The van der Waals surface area contributed by atoms with Crippen molar-refractivity contribution in [3.8, 4) is 11.3 Å². The highest BCUT2D eigenvalue weighted by atomic mass is 16.1. The number of rotatable bonds is 13. The van der Waals surface area contributed by atoms with Crippen molar-refractivity contribution < 1.29 is 4.79 Å². The molecule has 0 bridgehead atoms. The molecule has 49 heavy (non-hydrogen) atoms. The monoisotopic (exact) mass is 664 g/mol. The van der Waals surface area contributed by atoms with E-state index in [1.807, 2.05) is 26.1 Å². The Morgan fingerprint density at radius 1 is 1.06 bits per heavy atom. The smallest absolute Gasteiger partial charge is 0.244 e. The first-order valence-corrected chi connectivity index (χ1v) is 18.9. The number of nitrogens with zero attached hydrogens (tertiary/aromatic N) is 5. The van der Waals surface area contributed by atoms with Gasteiger partial charge < -0.3 is 20.1 Å². The molecular formula is C42H60N6O. The Morgan fingerprint density at radius 3 is 2.49 bits per heavy atom. The van der Waals surface area contributed by atoms with Crippen molar-refractivity contribution in [2.24, 2.45) is 16.6 Å². The number of anilines is 1. The van der Waals surface area contributed by atoms with E-state index >= 15 is 0 Å². The molecule has 4 heterocycles. The lowest BCUT2D eigenvalue weighted by Gasteiger charge is -2.34. The van der Waals surface area contributed by atoms with Crippen LogP contribution in [0.15, 0.2) is 40.5 Å². The number of nitrogens with two attached hydrogens (primary N) is 1. The molecule has 1 atom stereocenters. The fraction of sp³-hybridized carbons (Fsp3) is 0.548. The van der Waals surface area contributed by atoms with Crippen LogP contribution in [0, 0.1) is 12.8 Å². The highest BCUT2D eigenvalue weighted by molar-refractivity contribution is 6.02. The Balaban J connectivity index is 1.74. The van der Waals surface area contributed by atoms with Gasteiger partial charge in [-0.05, 0) is 139 Å². The summed E-state index contributed by atoms with van der Waals surface area (Å²) in [7, 11) is 0. The molecule has 7 nitrogen and oxygen atoms in total. The van der Waals surface area contributed by atoms with E-state index in [4.69, 9.17) is 10.7 Å². The summed E-state index contributed by atoms with van der Waals surface area (Å²) in [6.07, 6.45) is 12.2. The maximum atomic E-state index is 12.3. The highest BCUT2D eigenvalue weighted by Crippen LogP contribution is 2.47. The number of aromatic nitrogens is 2. The molecule has 2 N–H and O–H groups in total. The summed E-state index contributed by atoms with van der Waals surface area (Å²) < 4.78 is 2.51. The van der Waals surface area contributed by atoms with Gasteiger partial charge in [-0.15, -0.1) is 0 Å². The molecule has 7 heteroatoms. The van der Waals surface area contributed by atoms with E-state index in [2.05, 4.69) is 85.2 Å². The third-order valence-electron chi connectivity index (χ3n) is 11.1. The van der Waals surface area contributed by atoms with E-state index in [0.717, 1.165) is 80.0 Å². The summed E-state index contributed by atoms with van der Waals surface area (Å²) >= 11 is 0. The predicted molar refractivity (Wildman–Crippen MR) is 209 cm³/mol. The zero-order chi connectivity index (χ0) is 35.2. The van der Waals surface area contributed by atoms with E-state index in [1.54, 1.807) is 0 Å². The van der Waals surface area contributed by atoms with Gasteiger partial charge in [0.05, 0.1) is 22.6 Å². The number of allylic oxidation sites excluding steroid dienone is 2. The molecule has 1 aromatic carbocycles. The van der Waals surface area contributed by atoms with Gasteiger partial charge in [0.1, 0.15) is 0 Å². The number of likely N-dealkylation sites (tertiary alicyclic amines) is 1. The second-order valence-electron chi connectivity index (χ2n) is 14.4. The van der Waals surface area contributed by atoms with Crippen LogP contribution in [-0.4, -0.2) is 59.3 Å². The van der Waals surface area contributed by atoms with Crippen molar-refractivity contribution >= 4 is 40.4 Å². The summed E-state index contributed by atoms with van der Waals surface area (Å²) in [4.78, 5) is 27.4. The van der Waals surface area contributed by atoms with Gasteiger partial charge in [0.25, 0.3) is 0 Å². The minimum Gasteiger partial charge on any atom is -0.369 e. The second-order valence-corrected chi connectivity index (χ2v) is 14.4. The minimum absolute atomic E-state index is 0.364. The van der Waals surface area contributed by atoms with Crippen molar-refractivity contribution in [3.05, 3.63) is 58.1 Å². The van der Waals surface area contributed by atoms with Gasteiger partial charge >= 0.3 is 0 Å². The molecule has 2 aromatic heterocycles. The lowest BCUT2D eigenvalue weighted by atomic mass is 9.85. The van der Waals surface area contributed by atoms with Crippen LogP contribution in [0.5, 0.6) is 0 Å². The van der Waals surface area contributed by atoms with Gasteiger partial charge in [0.15, 0.2) is 0 Å². The Hall–Kier alpha value is -3.71. The van der Waals surface area contributed by atoms with Gasteiger partial charge in [-0.25, -0.2) is 4.98 Å². The first-order valence-electron chi connectivity index (χ1n) is 18.9. The Labute approximate surface area is 295 Å². The number of carbonyl (C=O) groups excluding carboxylic acids is 1. The van der Waals surface area contributed by atoms with Crippen LogP contribution < -0.4 is 10.6 Å². The van der Waals surface area contributed by atoms with Crippen LogP contribution in [-0.2, 0) is 11.3 Å². The molecule has 0 saturated carbocycles. The summed E-state index contributed by atoms with van der Waals surface area (Å²) in [6, 6.07) is 9.04. The van der Waals surface area contributed by atoms with E-state index in [1.165, 1.54) is 65.8 Å². The van der Waals surface area contributed by atoms with Gasteiger partial charge in [0.2, 0.25) is 5.91 Å². The average Bonchev–Trinajstić information content (AvgIpc) is 3.26. The first-order chi connectivity index (χ1) is 23.6. The molecule has 264 valence electrons. The van der Waals surface area contributed by atoms with Crippen LogP contribution in [0.2, 0.25) is 0 Å². The normalized spacial score (nSPS) is 17.9. The molecule has 0 aliphatic carbocycles. The molecule has 3 aromatic rings. The zero-order valence-corrected chi connectivity index (χ0v) is 31.5. The van der Waals surface area contributed by atoms with E-state index in [9.17, 15) is 4.79 Å². The number of piperidine rings is 1. The maximum absolute atomic E-state index is 12.3. The number of benzene rings is 1. The molecule has 0 spiro atoms. The Morgan fingerprint density at radius 2 is 1.82 bits per heavy atom. The third kappa shape index (κ3) is 7.72. The van der Waals surface area contributed by atoms with Crippen molar-refractivity contribution in [1.82, 2.24) is 14.5 Å². The highest BCUT2D eigenvalue weighted by Gasteiger charge is 2.32. The number of aliphatic imine (C=N–C) groups is 1. The summed E-state index contributed by atoms with van der Waals surface area (Å²) in [5, 5.41) is 1.20. The van der Waals surface area contributed by atoms with E-state index in [0.29, 0.717) is 17.4 Å². The summed E-state index contributed by atoms with van der Waals surface area (Å²) in [5.74, 6) is 0.790. The molecule has 2 aliphatic rings. The number of carbonyl (C=O) groups is 1. The molecular weight excluding hydrogens is 605 g/mol. The van der Waals surface area contributed by atoms with Crippen molar-refractivity contribution in [2.45, 2.75) is 113 Å². The fourth-order valence-corrected chi connectivity index (χ4v) is 8.37. The van der Waals surface area contributed by atoms with Gasteiger partial charge in [-0.2, -0.15) is 0 Å². The topological polar surface area (TPSA) is 79.8 Å². The van der Waals surface area contributed by atoms with E-state index < -0.39 is 0 Å². The number of primary amides is 1. The van der Waals surface area contributed by atoms with E-state index in [-0.39, 0.29) is 5.91 Å². The Kier molecular flexibility index (Phi) is 12.2. The van der Waals surface area contributed by atoms with Crippen LogP contribution in [0.25, 0.3) is 33.8 Å². The van der Waals surface area contributed by atoms with Crippen LogP contribution in [0.3, 0.4) is 0 Å². The van der Waals surface area contributed by atoms with Crippen molar-refractivity contribution in [2.75, 3.05) is 37.6 Å². The molecule has 1 saturated heterocycles. The lowest BCUT2D eigenvalue weighted by molar-refractivity contribution is -0.114. The lowest BCUT2D eigenvalue weighted by Crippen LogP contribution is -2.37. The standard InChI is InChI=1S/C42H60N6O/c1-9-14-33(15-10-2)39-30(7)38(26-28(5)42(43)49)48-25-24-47(23-21-32-16-13-22-46(12-4)27-32)40-34-17-19-36(29(6)31(8)44-11-3)45-37(34)20-18-35(40)41(39)48/h11,17-20,26,32-33H,9-10,12-16,21-25,27H2,1-8H3,(H2,43,49)/b28-26+,31-29+,44-11?. The first kappa shape index (κ1) is 36.6. The van der Waals surface area contributed by atoms with Crippen LogP contribution in [0.1, 0.15) is 122 Å². The summed E-state index contributed by atoms with van der Waals surface area (Å²) in [6.45, 7) is 23.4. The summed E-state index contributed by atoms with van der Waals surface area (Å²) in [5.41, 5.74) is 18.2. The predicted octanol–water partition coefficient (Wildman–Crippen LogP) is 9.37. The average molecular weight is 665 g/mol. The largest absolute Gasteiger partial charge is 0.369 e. The number of pyridine rings is 1. The van der Waals surface area contributed by atoms with Gasteiger partial charge in [0, 0.05) is 60.3 Å². The number of hydrogen-bond acceptors (Lipinski definition) is 5. The van der Waals surface area contributed by atoms with Gasteiger partial charge in [-0.1, -0.05) is 33.6 Å². The molecule has 1 unspecified atom stereocenters. The number of fused-ring (bicyclic) bond motifs is 5. The number of amides is 1. The quantitative estimate of drug-likeness (QED) is 0.146. The number of hydrogen-bond donors (Lipinski definition) is 1. The van der Waals surface area contributed by atoms with Gasteiger partial charge in [-0.3, -0.25) is 9.79 Å². The molecule has 5 rings (SSSR count). The SMILES string of the molecule is CC=N/C(C)=C(\C)c1ccc2c3c(ccc2n1)-c1c(C(CCC)CCC)c(C)c(/C=C(\C)C(N)=O)n1CCN3CCC1CCCN(CC)C1. The fourth-order valence-electron chi connectivity index (χ4n) is 8.37. The van der Waals surface area contributed by atoms with Crippen molar-refractivity contribution in [1.29, 1.82) is 0 Å². The van der Waals surface area contributed by atoms with Crippen LogP contribution >= 0.6 is 0 Å². The van der Waals surface area contributed by atoms with Crippen molar-refractivity contribution in [3.63, 3.8) is 0 Å². The third-order valence-corrected chi connectivity index (χ3v) is 11.1.